The van der Waals surface area contributed by atoms with E-state index in [0.717, 1.165) is 18.4 Å². The smallest absolute Gasteiger partial charge is 0.283 e. The molecule has 0 unspecified atom stereocenters. The molecule has 0 fully saturated rings. The van der Waals surface area contributed by atoms with Crippen LogP contribution in [0.2, 0.25) is 0 Å². The van der Waals surface area contributed by atoms with E-state index in [9.17, 15) is 9.18 Å². The molecule has 0 spiro atoms. The van der Waals surface area contributed by atoms with E-state index in [-0.39, 0.29) is 17.0 Å². The molecule has 4 rings (SSSR count). The molecule has 2 heterocycles. The van der Waals surface area contributed by atoms with Crippen molar-refractivity contribution in [2.75, 3.05) is 4.90 Å². The minimum atomic E-state index is -0.371. The Hall–Kier alpha value is -3.26. The van der Waals surface area contributed by atoms with E-state index in [1.54, 1.807) is 18.2 Å². The number of benzene rings is 2. The molecule has 0 N–H and O–H groups in total. The highest BCUT2D eigenvalue weighted by atomic mass is 32.2. The van der Waals surface area contributed by atoms with Crippen molar-refractivity contribution < 1.29 is 13.7 Å². The molecule has 1 atom stereocenters. The molecule has 0 saturated heterocycles. The van der Waals surface area contributed by atoms with E-state index >= 15 is 0 Å². The van der Waals surface area contributed by atoms with Crippen LogP contribution in [0.4, 0.5) is 10.1 Å². The molecule has 0 saturated carbocycles. The van der Waals surface area contributed by atoms with Gasteiger partial charge in [-0.25, -0.2) is 9.38 Å². The van der Waals surface area contributed by atoms with Gasteiger partial charge in [0, 0.05) is 6.42 Å². The van der Waals surface area contributed by atoms with E-state index in [2.05, 4.69) is 15.1 Å². The van der Waals surface area contributed by atoms with Crippen LogP contribution in [0.1, 0.15) is 42.8 Å². The molecule has 8 heteroatoms. The van der Waals surface area contributed by atoms with Gasteiger partial charge in [0.1, 0.15) is 11.5 Å². The first-order valence-corrected chi connectivity index (χ1v) is 10.9. The molecule has 1 aliphatic rings. The minimum Gasteiger partial charge on any atom is -0.338 e. The fourth-order valence-corrected chi connectivity index (χ4v) is 4.02. The highest BCUT2D eigenvalue weighted by Crippen LogP contribution is 2.36. The van der Waals surface area contributed by atoms with Crippen LogP contribution in [0, 0.1) is 5.82 Å². The summed E-state index contributed by atoms with van der Waals surface area (Å²) in [6, 6.07) is 15.3. The second-order valence-corrected chi connectivity index (χ2v) is 8.32. The number of carbonyl (C=O) groups is 1. The predicted octanol–water partition coefficient (Wildman–Crippen LogP) is 5.40. The van der Waals surface area contributed by atoms with Gasteiger partial charge >= 0.3 is 0 Å². The van der Waals surface area contributed by atoms with Crippen LogP contribution in [-0.2, 0) is 11.2 Å². The zero-order valence-corrected chi connectivity index (χ0v) is 18.0. The zero-order valence-electron chi connectivity index (χ0n) is 17.2. The molecule has 1 amide bonds. The number of amides is 1. The molecule has 1 aromatic heterocycles. The first-order chi connectivity index (χ1) is 15.0. The van der Waals surface area contributed by atoms with Crippen LogP contribution in [0.25, 0.3) is 6.08 Å². The molecule has 0 aliphatic carbocycles. The Labute approximate surface area is 183 Å². The molecule has 1 aliphatic heterocycles. The highest BCUT2D eigenvalue weighted by molar-refractivity contribution is 8.14. The number of carbonyl (C=O) groups excluding carboxylic acids is 1. The van der Waals surface area contributed by atoms with Crippen LogP contribution in [0.3, 0.4) is 0 Å². The van der Waals surface area contributed by atoms with Crippen LogP contribution in [0.15, 0.2) is 69.8 Å². The van der Waals surface area contributed by atoms with Gasteiger partial charge in [-0.05, 0) is 49.2 Å². The lowest BCUT2D eigenvalue weighted by molar-refractivity contribution is -0.113. The summed E-state index contributed by atoms with van der Waals surface area (Å²) in [4.78, 5) is 23.7. The van der Waals surface area contributed by atoms with E-state index in [1.807, 2.05) is 44.2 Å². The summed E-state index contributed by atoms with van der Waals surface area (Å²) < 4.78 is 18.8. The van der Waals surface area contributed by atoms with Crippen molar-refractivity contribution in [3.8, 4) is 0 Å². The quantitative estimate of drug-likeness (QED) is 0.484. The normalized spacial score (nSPS) is 16.1. The number of aliphatic imine (C=N–C) groups is 1. The first kappa shape index (κ1) is 21.0. The Morgan fingerprint density at radius 2 is 1.90 bits per heavy atom. The third kappa shape index (κ3) is 4.74. The van der Waals surface area contributed by atoms with Crippen molar-refractivity contribution in [1.82, 2.24) is 10.1 Å². The maximum absolute atomic E-state index is 13.5. The number of nitrogens with zero attached hydrogens (tertiary/aromatic N) is 4. The lowest BCUT2D eigenvalue weighted by Crippen LogP contribution is -2.30. The lowest BCUT2D eigenvalue weighted by atomic mass is 10.2. The van der Waals surface area contributed by atoms with Gasteiger partial charge in [-0.15, -0.1) is 0 Å². The molecule has 2 aromatic carbocycles. The average Bonchev–Trinajstić information content (AvgIpc) is 3.35. The molecule has 3 aromatic rings. The number of anilines is 1. The van der Waals surface area contributed by atoms with Crippen molar-refractivity contribution in [3.63, 3.8) is 0 Å². The maximum atomic E-state index is 13.5. The Kier molecular flexibility index (Phi) is 6.27. The van der Waals surface area contributed by atoms with E-state index < -0.39 is 0 Å². The number of thioether (sulfide) groups is 1. The Morgan fingerprint density at radius 3 is 2.61 bits per heavy atom. The largest absolute Gasteiger partial charge is 0.338 e. The van der Waals surface area contributed by atoms with Crippen molar-refractivity contribution in [2.45, 2.75) is 31.9 Å². The van der Waals surface area contributed by atoms with Crippen molar-refractivity contribution in [3.05, 3.63) is 83.4 Å². The van der Waals surface area contributed by atoms with E-state index in [0.29, 0.717) is 28.3 Å². The minimum absolute atomic E-state index is 0.219. The Morgan fingerprint density at radius 1 is 1.16 bits per heavy atom. The molecule has 6 nitrogen and oxygen atoms in total. The maximum Gasteiger partial charge on any atom is 0.283 e. The van der Waals surface area contributed by atoms with Crippen LogP contribution >= 0.6 is 11.8 Å². The van der Waals surface area contributed by atoms with Gasteiger partial charge in [-0.3, -0.25) is 9.69 Å². The molecule has 158 valence electrons. The zero-order chi connectivity index (χ0) is 21.8. The van der Waals surface area contributed by atoms with Gasteiger partial charge in [0.2, 0.25) is 5.89 Å². The van der Waals surface area contributed by atoms with Gasteiger partial charge in [-0.2, -0.15) is 4.98 Å². The number of rotatable bonds is 6. The highest BCUT2D eigenvalue weighted by Gasteiger charge is 2.34. The number of hydrogen-bond donors (Lipinski definition) is 0. The second-order valence-electron chi connectivity index (χ2n) is 7.01. The fraction of sp³-hybridized carbons (Fsp3) is 0.217. The molecular weight excluding hydrogens is 415 g/mol. The monoisotopic (exact) mass is 436 g/mol. The summed E-state index contributed by atoms with van der Waals surface area (Å²) in [6.45, 7) is 3.97. The van der Waals surface area contributed by atoms with E-state index in [4.69, 9.17) is 4.52 Å². The van der Waals surface area contributed by atoms with Gasteiger partial charge < -0.3 is 4.52 Å². The number of halogens is 1. The fourth-order valence-electron chi connectivity index (χ4n) is 3.07. The lowest BCUT2D eigenvalue weighted by Gasteiger charge is -2.19. The predicted molar refractivity (Wildman–Crippen MR) is 120 cm³/mol. The number of aromatic nitrogens is 2. The number of hydrogen-bond acceptors (Lipinski definition) is 6. The van der Waals surface area contributed by atoms with Gasteiger partial charge in [0.05, 0.1) is 10.9 Å². The van der Waals surface area contributed by atoms with E-state index in [1.165, 1.54) is 28.8 Å². The van der Waals surface area contributed by atoms with Gasteiger partial charge in [-0.1, -0.05) is 54.2 Å². The Balaban J connectivity index is 1.66. The van der Waals surface area contributed by atoms with Crippen LogP contribution in [-0.4, -0.2) is 21.2 Å². The summed E-state index contributed by atoms with van der Waals surface area (Å²) in [5, 5.41) is 4.26. The van der Waals surface area contributed by atoms with Gasteiger partial charge in [0.25, 0.3) is 5.91 Å². The van der Waals surface area contributed by atoms with Crippen molar-refractivity contribution >= 4 is 34.6 Å². The van der Waals surface area contributed by atoms with Crippen molar-refractivity contribution in [2.24, 2.45) is 4.99 Å². The first-order valence-electron chi connectivity index (χ1n) is 9.99. The summed E-state index contributed by atoms with van der Waals surface area (Å²) in [5.41, 5.74) is 1.72. The SMILES string of the molecule is CCCc1noc([C@@H](C)SC2=N/C(=C\c3ccccc3)C(=O)N2c2ccc(F)cc2)n1. The Bertz CT molecular complexity index is 1130. The average molecular weight is 437 g/mol. The third-order valence-corrected chi connectivity index (χ3v) is 5.64. The molecule has 0 bridgehead atoms. The molecule has 31 heavy (non-hydrogen) atoms. The summed E-state index contributed by atoms with van der Waals surface area (Å²) in [7, 11) is 0. The standard InChI is InChI=1S/C23H21FN4O2S/c1-3-7-20-26-21(30-27-20)15(2)31-23-25-19(14-16-8-5-4-6-9-16)22(29)28(23)18-12-10-17(24)11-13-18/h4-6,8-15H,3,7H2,1-2H3/b19-14-/t15-/m1/s1. The van der Waals surface area contributed by atoms with Crippen LogP contribution < -0.4 is 4.90 Å². The number of amidine groups is 1. The van der Waals surface area contributed by atoms with Crippen molar-refractivity contribution in [1.29, 1.82) is 0 Å². The second kappa shape index (κ2) is 9.26. The number of aryl methyl sites for hydroxylation is 1. The van der Waals surface area contributed by atoms with Crippen LogP contribution in [0.5, 0.6) is 0 Å². The summed E-state index contributed by atoms with van der Waals surface area (Å²) in [6.07, 6.45) is 3.41. The molecular formula is C23H21FN4O2S. The summed E-state index contributed by atoms with van der Waals surface area (Å²) >= 11 is 1.34. The topological polar surface area (TPSA) is 71.6 Å². The van der Waals surface area contributed by atoms with Gasteiger partial charge in [0.15, 0.2) is 11.0 Å². The third-order valence-electron chi connectivity index (χ3n) is 4.60. The summed E-state index contributed by atoms with van der Waals surface area (Å²) in [5.74, 6) is 0.490. The molecule has 0 radical (unpaired) electrons.